The summed E-state index contributed by atoms with van der Waals surface area (Å²) in [5.74, 6) is -2.51. The molecule has 0 fully saturated rings. The molecular weight excluding hydrogens is 379 g/mol. The van der Waals surface area contributed by atoms with Crippen LogP contribution >= 0.6 is 0 Å². The summed E-state index contributed by atoms with van der Waals surface area (Å²) in [5.41, 5.74) is -3.14. The third kappa shape index (κ3) is 3.03. The van der Waals surface area contributed by atoms with E-state index in [-0.39, 0.29) is 27.6 Å². The van der Waals surface area contributed by atoms with Gasteiger partial charge in [0.2, 0.25) is 5.43 Å². The van der Waals surface area contributed by atoms with E-state index in [1.165, 1.54) is 26.0 Å². The Labute approximate surface area is 156 Å². The fourth-order valence-electron chi connectivity index (χ4n) is 3.20. The van der Waals surface area contributed by atoms with Crippen LogP contribution in [0.4, 0.5) is 22.0 Å². The number of aromatic amines is 1. The summed E-state index contributed by atoms with van der Waals surface area (Å²) in [6.07, 6.45) is -3.44. The van der Waals surface area contributed by atoms with Crippen molar-refractivity contribution in [2.45, 2.75) is 25.4 Å². The Bertz CT molecular complexity index is 1170. The Kier molecular flexibility index (Phi) is 4.50. The van der Waals surface area contributed by atoms with E-state index in [1.807, 2.05) is 0 Å². The fraction of sp³-hybridized carbons (Fsp3) is 0.200. The zero-order valence-corrected chi connectivity index (χ0v) is 14.7. The first kappa shape index (κ1) is 19.5. The monoisotopic (exact) mass is 392 g/mol. The first-order valence-corrected chi connectivity index (χ1v) is 8.10. The molecule has 3 nitrogen and oxygen atoms in total. The molecule has 3 rings (SSSR count). The lowest BCUT2D eigenvalue weighted by Crippen LogP contribution is -2.24. The van der Waals surface area contributed by atoms with Gasteiger partial charge in [0.25, 0.3) is 0 Å². The number of nitrogens with one attached hydrogen (secondary N) is 1. The largest absolute Gasteiger partial charge is 0.416 e. The lowest BCUT2D eigenvalue weighted by Gasteiger charge is -2.28. The van der Waals surface area contributed by atoms with Gasteiger partial charge in [0.1, 0.15) is 11.6 Å². The molecule has 28 heavy (non-hydrogen) atoms. The molecule has 0 aliphatic carbocycles. The average molecular weight is 392 g/mol. The summed E-state index contributed by atoms with van der Waals surface area (Å²) in [7, 11) is 0. The van der Waals surface area contributed by atoms with Gasteiger partial charge in [-0.25, -0.2) is 8.78 Å². The minimum Gasteiger partial charge on any atom is -0.359 e. The number of benzene rings is 2. The molecule has 1 aromatic heterocycles. The van der Waals surface area contributed by atoms with Crippen molar-refractivity contribution in [3.63, 3.8) is 0 Å². The lowest BCUT2D eigenvalue weighted by molar-refractivity contribution is -0.137. The fourth-order valence-corrected chi connectivity index (χ4v) is 3.20. The van der Waals surface area contributed by atoms with E-state index in [4.69, 9.17) is 5.26 Å². The van der Waals surface area contributed by atoms with E-state index in [9.17, 15) is 26.7 Å². The van der Waals surface area contributed by atoms with E-state index in [0.29, 0.717) is 6.07 Å². The van der Waals surface area contributed by atoms with Crippen LogP contribution in [0.25, 0.3) is 10.9 Å². The number of pyridine rings is 1. The van der Waals surface area contributed by atoms with E-state index >= 15 is 0 Å². The average Bonchev–Trinajstić information content (AvgIpc) is 2.63. The maximum atomic E-state index is 14.8. The minimum atomic E-state index is -4.53. The highest BCUT2D eigenvalue weighted by molar-refractivity contribution is 5.84. The Hall–Kier alpha value is -3.21. The molecule has 0 saturated heterocycles. The molecule has 0 bridgehead atoms. The summed E-state index contributed by atoms with van der Waals surface area (Å²) in [5, 5.41) is 8.76. The molecule has 8 heteroatoms. The third-order valence-electron chi connectivity index (χ3n) is 4.75. The minimum absolute atomic E-state index is 0.0206. The summed E-state index contributed by atoms with van der Waals surface area (Å²) < 4.78 is 67.4. The van der Waals surface area contributed by atoms with Gasteiger partial charge in [0.15, 0.2) is 11.6 Å². The van der Waals surface area contributed by atoms with Crippen LogP contribution in [0, 0.1) is 23.0 Å². The van der Waals surface area contributed by atoms with Crippen LogP contribution in [0.1, 0.15) is 36.1 Å². The standard InChI is InChI=1S/C20H13F5N2O/c1-19(2,11-3-5-12(6-4-11)20(23,24)25)15-16(22)14(21)7-13-17(15)27-9-10(8-26)18(13)28/h3-7,9H,1-2H3,(H,27,28). The Morgan fingerprint density at radius 2 is 1.61 bits per heavy atom. The Morgan fingerprint density at radius 1 is 1.04 bits per heavy atom. The molecule has 1 N–H and O–H groups in total. The van der Waals surface area contributed by atoms with Gasteiger partial charge in [-0.05, 0) is 23.8 Å². The van der Waals surface area contributed by atoms with Crippen molar-refractivity contribution in [2.75, 3.05) is 0 Å². The molecule has 144 valence electrons. The number of nitrogens with zero attached hydrogens (tertiary/aromatic N) is 1. The summed E-state index contributed by atoms with van der Waals surface area (Å²) in [4.78, 5) is 15.0. The smallest absolute Gasteiger partial charge is 0.359 e. The number of aromatic nitrogens is 1. The maximum Gasteiger partial charge on any atom is 0.416 e. The number of fused-ring (bicyclic) bond motifs is 1. The zero-order chi connectivity index (χ0) is 20.9. The van der Waals surface area contributed by atoms with Gasteiger partial charge in [-0.1, -0.05) is 26.0 Å². The molecule has 0 radical (unpaired) electrons. The first-order valence-electron chi connectivity index (χ1n) is 8.10. The molecule has 1 heterocycles. The second-order valence-electron chi connectivity index (χ2n) is 6.81. The molecule has 0 atom stereocenters. The molecule has 0 aliphatic rings. The van der Waals surface area contributed by atoms with Gasteiger partial charge in [-0.2, -0.15) is 18.4 Å². The van der Waals surface area contributed by atoms with Gasteiger partial charge in [-0.3, -0.25) is 4.79 Å². The second-order valence-corrected chi connectivity index (χ2v) is 6.81. The van der Waals surface area contributed by atoms with Gasteiger partial charge >= 0.3 is 6.18 Å². The number of alkyl halides is 3. The van der Waals surface area contributed by atoms with E-state index in [0.717, 1.165) is 18.3 Å². The van der Waals surface area contributed by atoms with E-state index < -0.39 is 34.2 Å². The normalized spacial score (nSPS) is 12.2. The second kappa shape index (κ2) is 6.44. The van der Waals surface area contributed by atoms with Crippen LogP contribution in [-0.4, -0.2) is 4.98 Å². The van der Waals surface area contributed by atoms with Crippen molar-refractivity contribution >= 4 is 10.9 Å². The van der Waals surface area contributed by atoms with Crippen LogP contribution < -0.4 is 5.43 Å². The van der Waals surface area contributed by atoms with E-state index in [1.54, 1.807) is 6.07 Å². The van der Waals surface area contributed by atoms with Crippen molar-refractivity contribution in [1.82, 2.24) is 4.98 Å². The molecule has 0 unspecified atom stereocenters. The number of hydrogen-bond acceptors (Lipinski definition) is 2. The molecule has 0 saturated carbocycles. The lowest BCUT2D eigenvalue weighted by atomic mass is 9.76. The highest BCUT2D eigenvalue weighted by atomic mass is 19.4. The predicted molar refractivity (Wildman–Crippen MR) is 92.8 cm³/mol. The number of rotatable bonds is 2. The van der Waals surface area contributed by atoms with Crippen molar-refractivity contribution in [2.24, 2.45) is 0 Å². The first-order chi connectivity index (χ1) is 13.0. The number of halogens is 5. The summed E-state index contributed by atoms with van der Waals surface area (Å²) in [6, 6.07) is 6.44. The van der Waals surface area contributed by atoms with Crippen LogP contribution in [0.3, 0.4) is 0 Å². The van der Waals surface area contributed by atoms with Crippen LogP contribution in [-0.2, 0) is 11.6 Å². The highest BCUT2D eigenvalue weighted by Crippen LogP contribution is 2.39. The number of H-pyrrole nitrogens is 1. The molecule has 0 amide bonds. The van der Waals surface area contributed by atoms with Crippen molar-refractivity contribution in [1.29, 1.82) is 5.26 Å². The summed E-state index contributed by atoms with van der Waals surface area (Å²) in [6.45, 7) is 3.01. The van der Waals surface area contributed by atoms with Crippen LogP contribution in [0.5, 0.6) is 0 Å². The topological polar surface area (TPSA) is 56.6 Å². The Balaban J connectivity index is 2.30. The van der Waals surface area contributed by atoms with Crippen molar-refractivity contribution < 1.29 is 22.0 Å². The summed E-state index contributed by atoms with van der Waals surface area (Å²) >= 11 is 0. The number of hydrogen-bond donors (Lipinski definition) is 1. The van der Waals surface area contributed by atoms with Gasteiger partial charge in [0.05, 0.1) is 16.5 Å². The van der Waals surface area contributed by atoms with Crippen molar-refractivity contribution in [3.8, 4) is 6.07 Å². The van der Waals surface area contributed by atoms with Crippen molar-refractivity contribution in [3.05, 3.63) is 80.6 Å². The van der Waals surface area contributed by atoms with E-state index in [2.05, 4.69) is 4.98 Å². The molecule has 0 aliphatic heterocycles. The highest BCUT2D eigenvalue weighted by Gasteiger charge is 2.34. The third-order valence-corrected chi connectivity index (χ3v) is 4.75. The van der Waals surface area contributed by atoms with Crippen LogP contribution in [0.15, 0.2) is 41.3 Å². The van der Waals surface area contributed by atoms with Crippen LogP contribution in [0.2, 0.25) is 0 Å². The zero-order valence-electron chi connectivity index (χ0n) is 14.7. The molecule has 3 aromatic rings. The Morgan fingerprint density at radius 3 is 2.14 bits per heavy atom. The predicted octanol–water partition coefficient (Wildman–Crippen LogP) is 5.02. The quantitative estimate of drug-likeness (QED) is 0.623. The van der Waals surface area contributed by atoms with Gasteiger partial charge in [-0.15, -0.1) is 0 Å². The molecule has 2 aromatic carbocycles. The molecule has 0 spiro atoms. The maximum absolute atomic E-state index is 14.8. The SMILES string of the molecule is CC(C)(c1ccc(C(F)(F)F)cc1)c1c(F)c(F)cc2c(=O)c(C#N)c[nH]c12. The molecular formula is C20H13F5N2O. The van der Waals surface area contributed by atoms with Gasteiger partial charge < -0.3 is 4.98 Å². The number of nitriles is 1. The van der Waals surface area contributed by atoms with Gasteiger partial charge in [0, 0.05) is 17.2 Å².